The molecule has 0 spiro atoms. The summed E-state index contributed by atoms with van der Waals surface area (Å²) in [6.45, 7) is 10.9. The molecule has 3 rings (SSSR count). The molecule has 1 atom stereocenters. The predicted molar refractivity (Wildman–Crippen MR) is 90.4 cm³/mol. The van der Waals surface area contributed by atoms with E-state index in [1.165, 1.54) is 28.7 Å². The third-order valence-corrected chi connectivity index (χ3v) is 5.56. The van der Waals surface area contributed by atoms with E-state index >= 15 is 0 Å². The van der Waals surface area contributed by atoms with Crippen molar-refractivity contribution in [2.75, 3.05) is 31.1 Å². The lowest BCUT2D eigenvalue weighted by Crippen LogP contribution is -2.40. The molecule has 4 nitrogen and oxygen atoms in total. The molecular formula is C16H24N4S. The third kappa shape index (κ3) is 2.90. The summed E-state index contributed by atoms with van der Waals surface area (Å²) >= 11 is 1.78. The van der Waals surface area contributed by atoms with Crippen LogP contribution < -0.4 is 10.2 Å². The molecule has 1 unspecified atom stereocenters. The van der Waals surface area contributed by atoms with Gasteiger partial charge in [0.05, 0.1) is 5.39 Å². The van der Waals surface area contributed by atoms with Gasteiger partial charge in [-0.3, -0.25) is 0 Å². The van der Waals surface area contributed by atoms with E-state index in [1.54, 1.807) is 17.7 Å². The number of aryl methyl sites for hydroxylation is 2. The second kappa shape index (κ2) is 6.28. The van der Waals surface area contributed by atoms with Crippen LogP contribution in [0.3, 0.4) is 0 Å². The van der Waals surface area contributed by atoms with Crippen LogP contribution >= 0.6 is 11.3 Å². The van der Waals surface area contributed by atoms with Gasteiger partial charge in [-0.05, 0) is 51.3 Å². The molecule has 1 aliphatic heterocycles. The van der Waals surface area contributed by atoms with Gasteiger partial charge in [-0.25, -0.2) is 9.97 Å². The molecule has 1 fully saturated rings. The molecule has 2 aromatic rings. The van der Waals surface area contributed by atoms with Crippen molar-refractivity contribution in [1.29, 1.82) is 0 Å². The minimum absolute atomic E-state index is 0.726. The summed E-state index contributed by atoms with van der Waals surface area (Å²) in [5.74, 6) is 1.87. The number of hydrogen-bond acceptors (Lipinski definition) is 5. The molecule has 1 saturated heterocycles. The van der Waals surface area contributed by atoms with E-state index in [9.17, 15) is 0 Å². The highest BCUT2D eigenvalue weighted by Crippen LogP contribution is 2.35. The van der Waals surface area contributed by atoms with Crippen molar-refractivity contribution in [3.8, 4) is 0 Å². The van der Waals surface area contributed by atoms with E-state index < -0.39 is 0 Å². The second-order valence-electron chi connectivity index (χ2n) is 5.92. The maximum atomic E-state index is 4.62. The first kappa shape index (κ1) is 14.7. The third-order valence-electron chi connectivity index (χ3n) is 4.45. The van der Waals surface area contributed by atoms with Crippen LogP contribution in [-0.4, -0.2) is 36.1 Å². The Morgan fingerprint density at radius 3 is 3.05 bits per heavy atom. The van der Waals surface area contributed by atoms with Gasteiger partial charge in [0, 0.05) is 18.0 Å². The summed E-state index contributed by atoms with van der Waals surface area (Å²) in [5.41, 5.74) is 1.35. The monoisotopic (exact) mass is 304 g/mol. The maximum Gasteiger partial charge on any atom is 0.141 e. The smallest absolute Gasteiger partial charge is 0.141 e. The largest absolute Gasteiger partial charge is 0.356 e. The van der Waals surface area contributed by atoms with Crippen LogP contribution in [0.1, 0.15) is 30.2 Å². The fourth-order valence-electron chi connectivity index (χ4n) is 3.18. The number of nitrogens with zero attached hydrogens (tertiary/aromatic N) is 3. The Morgan fingerprint density at radius 1 is 1.38 bits per heavy atom. The second-order valence-corrected chi connectivity index (χ2v) is 7.13. The lowest BCUT2D eigenvalue weighted by atomic mass is 9.97. The van der Waals surface area contributed by atoms with E-state index in [4.69, 9.17) is 0 Å². The first-order valence-corrected chi connectivity index (χ1v) is 8.68. The van der Waals surface area contributed by atoms with Gasteiger partial charge in [0.2, 0.25) is 0 Å². The molecule has 0 saturated carbocycles. The number of anilines is 1. The Morgan fingerprint density at radius 2 is 2.24 bits per heavy atom. The molecule has 114 valence electrons. The highest BCUT2D eigenvalue weighted by atomic mass is 32.1. The van der Waals surface area contributed by atoms with Gasteiger partial charge in [-0.2, -0.15) is 0 Å². The molecule has 0 amide bonds. The highest BCUT2D eigenvalue weighted by molar-refractivity contribution is 7.18. The van der Waals surface area contributed by atoms with Crippen LogP contribution in [0.2, 0.25) is 0 Å². The Labute approximate surface area is 130 Å². The molecule has 0 aromatic carbocycles. The van der Waals surface area contributed by atoms with Gasteiger partial charge in [0.1, 0.15) is 17.0 Å². The molecule has 0 radical (unpaired) electrons. The van der Waals surface area contributed by atoms with E-state index in [1.807, 2.05) is 0 Å². The molecule has 3 heterocycles. The fraction of sp³-hybridized carbons (Fsp3) is 0.625. The van der Waals surface area contributed by atoms with Gasteiger partial charge in [-0.15, -0.1) is 11.3 Å². The van der Waals surface area contributed by atoms with Gasteiger partial charge >= 0.3 is 0 Å². The van der Waals surface area contributed by atoms with Crippen molar-refractivity contribution in [2.45, 2.75) is 33.6 Å². The van der Waals surface area contributed by atoms with Crippen molar-refractivity contribution in [2.24, 2.45) is 5.92 Å². The van der Waals surface area contributed by atoms with Crippen molar-refractivity contribution in [1.82, 2.24) is 15.3 Å². The number of thiophene rings is 1. The maximum absolute atomic E-state index is 4.62. The summed E-state index contributed by atoms with van der Waals surface area (Å²) in [6.07, 6.45) is 4.30. The van der Waals surface area contributed by atoms with Crippen molar-refractivity contribution in [3.63, 3.8) is 0 Å². The molecule has 2 aromatic heterocycles. The normalized spacial score (nSPS) is 19.4. The Balaban J connectivity index is 1.89. The summed E-state index contributed by atoms with van der Waals surface area (Å²) in [4.78, 5) is 14.0. The van der Waals surface area contributed by atoms with Gasteiger partial charge in [-0.1, -0.05) is 6.92 Å². The first-order valence-electron chi connectivity index (χ1n) is 7.87. The SMILES string of the molecule is CCNCC1CCCN(c2ncnc3sc(C)c(C)c23)C1. The van der Waals surface area contributed by atoms with E-state index in [0.29, 0.717) is 0 Å². The molecule has 0 bridgehead atoms. The lowest BCUT2D eigenvalue weighted by Gasteiger charge is -2.34. The van der Waals surface area contributed by atoms with Crippen molar-refractivity contribution < 1.29 is 0 Å². The van der Waals surface area contributed by atoms with Crippen molar-refractivity contribution >= 4 is 27.4 Å². The highest BCUT2D eigenvalue weighted by Gasteiger charge is 2.23. The van der Waals surface area contributed by atoms with E-state index in [2.05, 4.69) is 41.0 Å². The van der Waals surface area contributed by atoms with Crippen LogP contribution in [0, 0.1) is 19.8 Å². The molecule has 1 aliphatic rings. The molecule has 0 aliphatic carbocycles. The van der Waals surface area contributed by atoms with E-state index in [-0.39, 0.29) is 0 Å². The zero-order chi connectivity index (χ0) is 14.8. The van der Waals surface area contributed by atoms with E-state index in [0.717, 1.165) is 42.7 Å². The number of rotatable bonds is 4. The quantitative estimate of drug-likeness (QED) is 0.942. The summed E-state index contributed by atoms with van der Waals surface area (Å²) in [6, 6.07) is 0. The van der Waals surface area contributed by atoms with Crippen LogP contribution in [0.25, 0.3) is 10.2 Å². The Kier molecular flexibility index (Phi) is 4.40. The zero-order valence-electron chi connectivity index (χ0n) is 13.1. The van der Waals surface area contributed by atoms with Crippen molar-refractivity contribution in [3.05, 3.63) is 16.8 Å². The number of hydrogen-bond donors (Lipinski definition) is 1. The summed E-state index contributed by atoms with van der Waals surface area (Å²) in [7, 11) is 0. The average molecular weight is 304 g/mol. The van der Waals surface area contributed by atoms with Crippen LogP contribution in [0.4, 0.5) is 5.82 Å². The Hall–Kier alpha value is -1.20. The average Bonchev–Trinajstić information content (AvgIpc) is 2.80. The van der Waals surface area contributed by atoms with Crippen LogP contribution in [0.5, 0.6) is 0 Å². The standard InChI is InChI=1S/C16H24N4S/c1-4-17-8-13-6-5-7-20(9-13)15-14-11(2)12(3)21-16(14)19-10-18-15/h10,13,17H,4-9H2,1-3H3. The minimum Gasteiger partial charge on any atom is -0.356 e. The topological polar surface area (TPSA) is 41.0 Å². The van der Waals surface area contributed by atoms with Gasteiger partial charge < -0.3 is 10.2 Å². The Bertz CT molecular complexity index is 622. The number of fused-ring (bicyclic) bond motifs is 1. The number of piperidine rings is 1. The predicted octanol–water partition coefficient (Wildman–Crippen LogP) is 3.13. The zero-order valence-corrected chi connectivity index (χ0v) is 14.0. The molecule has 21 heavy (non-hydrogen) atoms. The van der Waals surface area contributed by atoms with Crippen LogP contribution in [0.15, 0.2) is 6.33 Å². The molecular weight excluding hydrogens is 280 g/mol. The van der Waals surface area contributed by atoms with Gasteiger partial charge in [0.25, 0.3) is 0 Å². The minimum atomic E-state index is 0.726. The van der Waals surface area contributed by atoms with Gasteiger partial charge in [0.15, 0.2) is 0 Å². The summed E-state index contributed by atoms with van der Waals surface area (Å²) in [5, 5.41) is 4.75. The summed E-state index contributed by atoms with van der Waals surface area (Å²) < 4.78 is 0. The fourth-order valence-corrected chi connectivity index (χ4v) is 4.17. The molecule has 5 heteroatoms. The lowest BCUT2D eigenvalue weighted by molar-refractivity contribution is 0.394. The van der Waals surface area contributed by atoms with Crippen LogP contribution in [-0.2, 0) is 0 Å². The first-order chi connectivity index (χ1) is 10.2. The molecule has 1 N–H and O–H groups in total. The number of aromatic nitrogens is 2. The number of nitrogens with one attached hydrogen (secondary N) is 1.